The number of halogens is 3. The highest BCUT2D eigenvalue weighted by atomic mass is 19.4. The molecule has 6 rings (SSSR count). The molecule has 1 unspecified atom stereocenters. The van der Waals surface area contributed by atoms with Crippen molar-refractivity contribution in [1.29, 1.82) is 0 Å². The van der Waals surface area contributed by atoms with Crippen LogP contribution in [-0.4, -0.2) is 46.5 Å². The molecule has 36 heavy (non-hydrogen) atoms. The summed E-state index contributed by atoms with van der Waals surface area (Å²) in [6.07, 6.45) is -1.32. The lowest BCUT2D eigenvalue weighted by molar-refractivity contribution is -0.215. The van der Waals surface area contributed by atoms with Gasteiger partial charge in [-0.05, 0) is 48.9 Å². The Morgan fingerprint density at radius 1 is 1.11 bits per heavy atom. The van der Waals surface area contributed by atoms with Gasteiger partial charge in [-0.1, -0.05) is 38.1 Å². The van der Waals surface area contributed by atoms with Gasteiger partial charge >= 0.3 is 6.18 Å². The first-order valence-corrected chi connectivity index (χ1v) is 12.2. The van der Waals surface area contributed by atoms with Crippen LogP contribution in [0.15, 0.2) is 42.6 Å². The number of amides is 2. The summed E-state index contributed by atoms with van der Waals surface area (Å²) in [7, 11) is 1.19. The maximum Gasteiger partial charge on any atom is 0.414 e. The van der Waals surface area contributed by atoms with E-state index in [4.69, 9.17) is 0 Å². The van der Waals surface area contributed by atoms with E-state index in [-0.39, 0.29) is 23.1 Å². The molecule has 0 radical (unpaired) electrons. The molecule has 2 N–H and O–H groups in total. The normalized spacial score (nSPS) is 28.2. The van der Waals surface area contributed by atoms with E-state index in [1.807, 2.05) is 12.1 Å². The molecule has 2 atom stereocenters. The van der Waals surface area contributed by atoms with Crippen molar-refractivity contribution >= 4 is 17.5 Å². The number of fused-ring (bicyclic) bond motifs is 1. The molecule has 1 aromatic heterocycles. The number of carbonyl (C=O) groups excluding carboxylic acids is 2. The molecular weight excluding hydrogens is 469 g/mol. The minimum Gasteiger partial charge on any atom is -0.380 e. The minimum atomic E-state index is -4.68. The molecule has 1 aromatic carbocycles. The third-order valence-corrected chi connectivity index (χ3v) is 8.36. The number of carbonyl (C=O) groups is 2. The van der Waals surface area contributed by atoms with Crippen LogP contribution in [0.25, 0.3) is 0 Å². The molecule has 9 heteroatoms. The van der Waals surface area contributed by atoms with Crippen LogP contribution < -0.4 is 10.6 Å². The smallest absolute Gasteiger partial charge is 0.380 e. The van der Waals surface area contributed by atoms with Crippen molar-refractivity contribution in [3.8, 4) is 0 Å². The van der Waals surface area contributed by atoms with E-state index in [0.717, 1.165) is 11.3 Å². The zero-order valence-corrected chi connectivity index (χ0v) is 20.9. The van der Waals surface area contributed by atoms with E-state index in [1.165, 1.54) is 37.4 Å². The Labute approximate surface area is 208 Å². The predicted octanol–water partition coefficient (Wildman–Crippen LogP) is 4.52. The van der Waals surface area contributed by atoms with E-state index in [1.54, 1.807) is 6.07 Å². The van der Waals surface area contributed by atoms with Crippen LogP contribution in [-0.2, 0) is 21.4 Å². The number of benzene rings is 1. The lowest BCUT2D eigenvalue weighted by Crippen LogP contribution is -2.78. The Morgan fingerprint density at radius 3 is 2.33 bits per heavy atom. The zero-order valence-electron chi connectivity index (χ0n) is 20.9. The molecule has 0 spiro atoms. The maximum atomic E-state index is 14.2. The number of hydrogen-bond acceptors (Lipinski definition) is 4. The quantitative estimate of drug-likeness (QED) is 0.612. The summed E-state index contributed by atoms with van der Waals surface area (Å²) in [4.78, 5) is 29.4. The highest BCUT2D eigenvalue weighted by Crippen LogP contribution is 2.68. The second-order valence-electron chi connectivity index (χ2n) is 11.4. The van der Waals surface area contributed by atoms with E-state index >= 15 is 0 Å². The van der Waals surface area contributed by atoms with Gasteiger partial charge < -0.3 is 15.5 Å². The van der Waals surface area contributed by atoms with Gasteiger partial charge in [0, 0.05) is 31.0 Å². The zero-order chi connectivity index (χ0) is 26.1. The van der Waals surface area contributed by atoms with Gasteiger partial charge in [0.15, 0.2) is 6.04 Å². The summed E-state index contributed by atoms with van der Waals surface area (Å²) in [6.45, 7) is 5.70. The Morgan fingerprint density at radius 2 is 1.78 bits per heavy atom. The first-order chi connectivity index (χ1) is 16.8. The molecule has 0 aliphatic heterocycles. The second kappa shape index (κ2) is 7.95. The van der Waals surface area contributed by atoms with E-state index in [2.05, 4.69) is 41.6 Å². The number of pyridine rings is 1. The Balaban J connectivity index is 1.30. The Hall–Kier alpha value is -3.10. The largest absolute Gasteiger partial charge is 0.414 e. The van der Waals surface area contributed by atoms with E-state index in [9.17, 15) is 22.8 Å². The van der Waals surface area contributed by atoms with Gasteiger partial charge in [-0.2, -0.15) is 13.2 Å². The molecule has 4 aliphatic rings. The molecule has 2 bridgehead atoms. The summed E-state index contributed by atoms with van der Waals surface area (Å²) < 4.78 is 42.5. The van der Waals surface area contributed by atoms with Gasteiger partial charge in [0.1, 0.15) is 0 Å². The molecule has 2 aromatic rings. The van der Waals surface area contributed by atoms with Crippen LogP contribution in [0, 0.1) is 5.41 Å². The monoisotopic (exact) mass is 500 g/mol. The molecule has 0 saturated heterocycles. The number of nitrogens with zero attached hydrogens (tertiary/aromatic N) is 2. The fraction of sp³-hybridized carbons (Fsp3) is 0.519. The van der Waals surface area contributed by atoms with Crippen LogP contribution in [0.5, 0.6) is 0 Å². The fourth-order valence-corrected chi connectivity index (χ4v) is 6.67. The van der Waals surface area contributed by atoms with Gasteiger partial charge in [-0.3, -0.25) is 14.6 Å². The summed E-state index contributed by atoms with van der Waals surface area (Å²) in [6, 6.07) is 9.12. The molecule has 3 fully saturated rings. The third kappa shape index (κ3) is 3.83. The van der Waals surface area contributed by atoms with Crippen molar-refractivity contribution in [2.45, 2.75) is 75.7 Å². The average molecular weight is 501 g/mol. The molecule has 2 amide bonds. The lowest BCUT2D eigenvalue weighted by Gasteiger charge is -2.69. The van der Waals surface area contributed by atoms with Gasteiger partial charge in [0.2, 0.25) is 11.8 Å². The molecular formula is C27H31F3N4O2. The first kappa shape index (κ1) is 24.6. The number of rotatable bonds is 6. The molecule has 192 valence electrons. The molecule has 4 aliphatic carbocycles. The average Bonchev–Trinajstić information content (AvgIpc) is 2.99. The Bertz CT molecular complexity index is 1190. The van der Waals surface area contributed by atoms with Crippen molar-refractivity contribution in [3.05, 3.63) is 59.4 Å². The van der Waals surface area contributed by atoms with Crippen LogP contribution in [0.1, 0.15) is 62.9 Å². The van der Waals surface area contributed by atoms with Gasteiger partial charge in [-0.25, -0.2) is 0 Å². The highest BCUT2D eigenvalue weighted by Gasteiger charge is 2.73. The standard InChI is InChI=1S/C27H31F3N4O2/c1-16(35)33-26-13-25(14-26,15-26)23(36)34(4)22(27(28,29)30)20-10-9-18(12-31-20)32-21-11-17-7-5-6-8-19(17)24(21,2)3/h5-10,12,21-22,32H,11,13-15H2,1-4H3,(H,33,35)/t21-,22?,25?,26?/m0/s1. The van der Waals surface area contributed by atoms with Crippen LogP contribution in [0.2, 0.25) is 0 Å². The number of aromatic nitrogens is 1. The van der Waals surface area contributed by atoms with Crippen LogP contribution in [0.3, 0.4) is 0 Å². The maximum absolute atomic E-state index is 14.2. The van der Waals surface area contributed by atoms with Crippen molar-refractivity contribution in [2.24, 2.45) is 5.41 Å². The van der Waals surface area contributed by atoms with Gasteiger partial charge in [0.05, 0.1) is 23.0 Å². The molecule has 3 saturated carbocycles. The topological polar surface area (TPSA) is 74.3 Å². The van der Waals surface area contributed by atoms with Crippen LogP contribution >= 0.6 is 0 Å². The van der Waals surface area contributed by atoms with Crippen LogP contribution in [0.4, 0.5) is 18.9 Å². The number of hydrogen-bond donors (Lipinski definition) is 2. The summed E-state index contributed by atoms with van der Waals surface area (Å²) in [5.41, 5.74) is 1.53. The summed E-state index contributed by atoms with van der Waals surface area (Å²) in [5.74, 6) is -0.744. The predicted molar refractivity (Wildman–Crippen MR) is 129 cm³/mol. The van der Waals surface area contributed by atoms with Crippen molar-refractivity contribution in [3.63, 3.8) is 0 Å². The van der Waals surface area contributed by atoms with Crippen molar-refractivity contribution in [2.75, 3.05) is 12.4 Å². The van der Waals surface area contributed by atoms with E-state index in [0.29, 0.717) is 24.9 Å². The number of alkyl halides is 3. The van der Waals surface area contributed by atoms with Gasteiger partial charge in [0.25, 0.3) is 0 Å². The lowest BCUT2D eigenvalue weighted by atomic mass is 9.39. The molecule has 1 heterocycles. The van der Waals surface area contributed by atoms with Crippen molar-refractivity contribution in [1.82, 2.24) is 15.2 Å². The fourth-order valence-electron chi connectivity index (χ4n) is 6.67. The highest BCUT2D eigenvalue weighted by molar-refractivity contribution is 5.88. The third-order valence-electron chi connectivity index (χ3n) is 8.36. The van der Waals surface area contributed by atoms with E-state index < -0.39 is 29.1 Å². The summed E-state index contributed by atoms with van der Waals surface area (Å²) in [5, 5.41) is 6.27. The Kier molecular flexibility index (Phi) is 5.43. The van der Waals surface area contributed by atoms with Crippen molar-refractivity contribution < 1.29 is 22.8 Å². The second-order valence-corrected chi connectivity index (χ2v) is 11.4. The first-order valence-electron chi connectivity index (χ1n) is 12.2. The molecule has 6 nitrogen and oxygen atoms in total. The SMILES string of the molecule is CC(=O)NC12CC(C(=O)N(C)C(c3ccc(N[C@H]4Cc5ccccc5C4(C)C)cn3)C(F)(F)F)(C1)C2. The number of anilines is 1. The van der Waals surface area contributed by atoms with Gasteiger partial charge in [-0.15, -0.1) is 0 Å². The number of nitrogens with one attached hydrogen (secondary N) is 2. The summed E-state index contributed by atoms with van der Waals surface area (Å²) >= 11 is 0. The minimum absolute atomic E-state index is 0.0745.